The minimum absolute atomic E-state index is 0. The number of carbonyl (C=O) groups is 6. The number of amides is 4. The van der Waals surface area contributed by atoms with Crippen LogP contribution in [0.25, 0.3) is 0 Å². The number of nitrogens with zero attached hydrogens (tertiary/aromatic N) is 3. The van der Waals surface area contributed by atoms with Crippen molar-refractivity contribution in [2.75, 3.05) is 85.8 Å². The van der Waals surface area contributed by atoms with Crippen molar-refractivity contribution in [1.82, 2.24) is 25.8 Å². The zero-order valence-electron chi connectivity index (χ0n) is 45.6. The molecule has 3 aliphatic rings. The Bertz CT molecular complexity index is 1370. The first kappa shape index (κ1) is 69.0. The van der Waals surface area contributed by atoms with Crippen molar-refractivity contribution in [3.63, 3.8) is 0 Å². The lowest BCUT2D eigenvalue weighted by Gasteiger charge is -2.29. The molecule has 3 N–H and O–H groups in total. The Morgan fingerprint density at radius 3 is 1.31 bits per heavy atom. The smallest absolute Gasteiger partial charge is 0.762 e. The van der Waals surface area contributed by atoms with Crippen molar-refractivity contribution in [1.29, 1.82) is 0 Å². The normalized spacial score (nSPS) is 14.4. The van der Waals surface area contributed by atoms with Crippen LogP contribution >= 0.6 is 0 Å². The summed E-state index contributed by atoms with van der Waals surface area (Å²) in [6.07, 6.45) is -2.85. The average molecular weight is 985 g/mol. The SMILES string of the molecule is CC(C)(C)OC(=O)N1CCNC(=O)C1.CC(C)(C)OC(=O)OC(=O)OC(C)(C)C.CC[O+](CC)CC.COC1=NCCN(C(=O)OC(C)(C)C)C1.FB(F)F.O=C1CNCCN1.[2H]CC.[2H]CC.[F-]. The van der Waals surface area contributed by atoms with E-state index in [4.69, 9.17) is 26.4 Å². The highest BCUT2D eigenvalue weighted by atomic mass is 19.4. The van der Waals surface area contributed by atoms with Gasteiger partial charge in [-0.1, -0.05) is 27.6 Å². The van der Waals surface area contributed by atoms with Crippen molar-refractivity contribution in [2.24, 2.45) is 4.99 Å². The third-order valence-corrected chi connectivity index (χ3v) is 6.64. The van der Waals surface area contributed by atoms with Crippen molar-refractivity contribution in [3.8, 4) is 0 Å². The average Bonchev–Trinajstić information content (AvgIpc) is 3.17. The highest BCUT2D eigenvalue weighted by Crippen LogP contribution is 2.13. The van der Waals surface area contributed by atoms with Crippen LogP contribution in [0.15, 0.2) is 4.99 Å². The minimum Gasteiger partial charge on any atom is -1.00 e. The fourth-order valence-electron chi connectivity index (χ4n) is 4.10. The maximum absolute atomic E-state index is 11.7. The first-order valence-corrected chi connectivity index (χ1v) is 21.7. The van der Waals surface area contributed by atoms with E-state index in [1.165, 1.54) is 4.90 Å². The Labute approximate surface area is 401 Å². The number of methoxy groups -OCH3 is 1. The molecule has 0 aromatic rings. The van der Waals surface area contributed by atoms with Crippen molar-refractivity contribution < 1.29 is 81.9 Å². The van der Waals surface area contributed by atoms with E-state index in [-0.39, 0.29) is 29.2 Å². The number of nitrogens with one attached hydrogen (secondary N) is 3. The van der Waals surface area contributed by atoms with E-state index in [9.17, 15) is 41.7 Å². The molecular weight excluding hydrogens is 895 g/mol. The molecule has 2 fully saturated rings. The Morgan fingerprint density at radius 1 is 0.672 bits per heavy atom. The number of ether oxygens (including phenoxy) is 6. The van der Waals surface area contributed by atoms with E-state index in [1.54, 1.807) is 88.2 Å². The molecule has 3 aliphatic heterocycles. The van der Waals surface area contributed by atoms with Gasteiger partial charge < -0.3 is 53.4 Å². The van der Waals surface area contributed by atoms with Gasteiger partial charge in [0.1, 0.15) is 48.8 Å². The molecule has 0 spiro atoms. The summed E-state index contributed by atoms with van der Waals surface area (Å²) in [5, 5.41) is 8.24. The maximum Gasteiger partial charge on any atom is 0.762 e. The molecular formula is C43H87BF4N6O13. The summed E-state index contributed by atoms with van der Waals surface area (Å²) in [4.78, 5) is 73.6. The van der Waals surface area contributed by atoms with Crippen LogP contribution in [0, 0.1) is 0 Å². The molecule has 0 aliphatic carbocycles. The molecule has 0 atom stereocenters. The van der Waals surface area contributed by atoms with Gasteiger partial charge in [-0.05, 0) is 83.1 Å². The van der Waals surface area contributed by atoms with Crippen molar-refractivity contribution >= 4 is 49.8 Å². The number of carbonyl (C=O) groups excluding carboxylic acids is 6. The first-order chi connectivity index (χ1) is 31.1. The second-order valence-corrected chi connectivity index (χ2v) is 16.9. The number of halogens is 4. The van der Waals surface area contributed by atoms with Crippen LogP contribution in [-0.2, 0) is 42.4 Å². The van der Waals surface area contributed by atoms with Gasteiger partial charge in [0.2, 0.25) is 17.7 Å². The summed E-state index contributed by atoms with van der Waals surface area (Å²) >= 11 is 0. The fourth-order valence-corrected chi connectivity index (χ4v) is 4.10. The van der Waals surface area contributed by atoms with Gasteiger partial charge in [0.25, 0.3) is 0 Å². The monoisotopic (exact) mass is 985 g/mol. The Balaban J connectivity index is -0.000000175. The summed E-state index contributed by atoms with van der Waals surface area (Å²) in [6, 6.07) is 0. The first-order valence-electron chi connectivity index (χ1n) is 23.1. The summed E-state index contributed by atoms with van der Waals surface area (Å²) in [5.74, 6) is 0.542. The topological polar surface area (TPSA) is 215 Å². The maximum atomic E-state index is 11.7. The summed E-state index contributed by atoms with van der Waals surface area (Å²) in [5.41, 5.74) is -2.36. The van der Waals surface area contributed by atoms with Gasteiger partial charge in [-0.3, -0.25) is 37.3 Å². The zero-order valence-corrected chi connectivity index (χ0v) is 43.6. The second-order valence-electron chi connectivity index (χ2n) is 16.9. The van der Waals surface area contributed by atoms with Crippen LogP contribution in [0.1, 0.15) is 134 Å². The quantitative estimate of drug-likeness (QED) is 0.0871. The molecule has 3 heterocycles. The summed E-state index contributed by atoms with van der Waals surface area (Å²) in [7, 11) is -2.11. The third kappa shape index (κ3) is 53.9. The van der Waals surface area contributed by atoms with E-state index in [0.717, 1.165) is 32.9 Å². The number of hydrogen-bond acceptors (Lipinski definition) is 14. The predicted octanol–water partition coefficient (Wildman–Crippen LogP) is 4.75. The standard InChI is InChI=1S/C10H18N2O3.C10H18O5.C9H16N2O3.C6H15O.C4H8N2O.2C2H6.BF3.FH/c1-10(2,3)15-9(13)12-6-5-11-8(7-12)14-4;1-9(2,3)14-7(11)13-8(12)15-10(4,5)6;1-9(2,3)14-8(13)11-5-4-10-7(12)6-11;1-4-7(5-2)6-3;7-4-3-5-1-2-6-4;2*1-2;2-1(3)4;/h5-7H2,1-4H3;1-6H3;4-6H2,1-3H3,(H,10,12);4-6H2,1-3H3;5H,1-3H2,(H,6,7);2*1-2H3;;1H/q;;;+1;;;;;/p-1/i;;;;;2*1D;;. The molecule has 398 valence electrons. The number of rotatable bonds is 3. The van der Waals surface area contributed by atoms with Gasteiger partial charge in [0, 0.05) is 56.2 Å². The van der Waals surface area contributed by atoms with E-state index < -0.39 is 48.4 Å². The van der Waals surface area contributed by atoms with Crippen LogP contribution in [0.2, 0.25) is 0 Å². The van der Waals surface area contributed by atoms with Crippen LogP contribution in [0.5, 0.6) is 0 Å². The number of hydrogen-bond donors (Lipinski definition) is 3. The molecule has 0 aromatic heterocycles. The Kier molecular flexibility index (Phi) is 41.7. The molecule has 67 heavy (non-hydrogen) atoms. The molecule has 24 heteroatoms. The second kappa shape index (κ2) is 40.5. The van der Waals surface area contributed by atoms with Gasteiger partial charge in [-0.15, -0.1) is 0 Å². The van der Waals surface area contributed by atoms with Gasteiger partial charge in [-0.25, -0.2) is 19.2 Å². The molecule has 0 radical (unpaired) electrons. The third-order valence-electron chi connectivity index (χ3n) is 6.64. The predicted molar refractivity (Wildman–Crippen MR) is 252 cm³/mol. The van der Waals surface area contributed by atoms with E-state index in [1.807, 2.05) is 20.8 Å². The molecule has 19 nitrogen and oxygen atoms in total. The lowest BCUT2D eigenvalue weighted by molar-refractivity contribution is -0.124. The zero-order chi connectivity index (χ0) is 54.3. The molecule has 0 bridgehead atoms. The molecule has 2 saturated heterocycles. The Morgan fingerprint density at radius 2 is 1.04 bits per heavy atom. The highest BCUT2D eigenvalue weighted by Gasteiger charge is 2.27. The summed E-state index contributed by atoms with van der Waals surface area (Å²) < 4.78 is 73.7. The van der Waals surface area contributed by atoms with Crippen LogP contribution < -0.4 is 20.7 Å². The van der Waals surface area contributed by atoms with Crippen LogP contribution in [0.3, 0.4) is 0 Å². The van der Waals surface area contributed by atoms with Gasteiger partial charge in [0.05, 0.1) is 26.7 Å². The van der Waals surface area contributed by atoms with Crippen LogP contribution in [-0.4, -0.2) is 168 Å². The summed E-state index contributed by atoms with van der Waals surface area (Å²) in [6.45, 7) is 40.1. The minimum atomic E-state index is -3.67. The van der Waals surface area contributed by atoms with Gasteiger partial charge in [-0.2, -0.15) is 0 Å². The molecule has 3 rings (SSSR count). The van der Waals surface area contributed by atoms with E-state index >= 15 is 0 Å². The van der Waals surface area contributed by atoms with Crippen molar-refractivity contribution in [2.45, 2.75) is 154 Å². The van der Waals surface area contributed by atoms with Gasteiger partial charge in [0.15, 0.2) is 0 Å². The van der Waals surface area contributed by atoms with E-state index in [0.29, 0.717) is 59.0 Å². The molecule has 4 amide bonds. The molecule has 0 saturated carbocycles. The lowest BCUT2D eigenvalue weighted by atomic mass is 10.2. The Hall–Kier alpha value is -4.61. The number of piperazine rings is 2. The highest BCUT2D eigenvalue weighted by molar-refractivity contribution is 6.33. The largest absolute Gasteiger partial charge is 1.00 e. The fraction of sp³-hybridized carbons (Fsp3) is 0.837. The number of aliphatic imine (C=N–C) groups is 1. The van der Waals surface area contributed by atoms with Crippen molar-refractivity contribution in [3.05, 3.63) is 0 Å². The van der Waals surface area contributed by atoms with Crippen LogP contribution in [0.4, 0.5) is 32.1 Å². The molecule has 0 aromatic carbocycles. The lowest BCUT2D eigenvalue weighted by Crippen LogP contribution is -3.00. The van der Waals surface area contributed by atoms with E-state index in [2.05, 4.69) is 50.8 Å². The molecule has 0 unspecified atom stereocenters. The van der Waals surface area contributed by atoms with Gasteiger partial charge >= 0.3 is 32.0 Å².